The van der Waals surface area contributed by atoms with Crippen LogP contribution in [0.1, 0.15) is 34.6 Å². The fourth-order valence-electron chi connectivity index (χ4n) is 2.33. The Morgan fingerprint density at radius 3 is 2.50 bits per heavy atom. The van der Waals surface area contributed by atoms with Crippen LogP contribution >= 0.6 is 0 Å². The van der Waals surface area contributed by atoms with E-state index in [2.05, 4.69) is 20.6 Å². The molecule has 0 unspecified atom stereocenters. The number of carbonyl (C=O) groups is 1. The number of aromatic nitrogens is 2. The molecule has 0 radical (unpaired) electrons. The minimum atomic E-state index is -0.373. The first kappa shape index (κ1) is 15.7. The summed E-state index contributed by atoms with van der Waals surface area (Å²) in [6.07, 6.45) is 4.60. The number of nitrogens with zero attached hydrogens (tertiary/aromatic N) is 2. The fraction of sp³-hybridized carbons (Fsp3) is 0.167. The predicted octanol–water partition coefficient (Wildman–Crippen LogP) is 3.02. The molecule has 3 rings (SSSR count). The van der Waals surface area contributed by atoms with E-state index >= 15 is 0 Å². The number of carbonyl (C=O) groups excluding carboxylic acids is 1. The maximum absolute atomic E-state index is 12.5. The summed E-state index contributed by atoms with van der Waals surface area (Å²) in [6, 6.07) is 12.9. The van der Waals surface area contributed by atoms with Crippen LogP contribution in [0.3, 0.4) is 0 Å². The standard InChI is InChI=1S/C18H18N4O2/c1-2-19-18-20-11-14(12-21-18)17(23)22-16(15-9-6-10-24-15)13-7-4-3-5-8-13/h3-12,16H,2H2,1H3,(H,22,23)(H,19,20,21)/t16-/m0/s1. The van der Waals surface area contributed by atoms with Gasteiger partial charge in [-0.15, -0.1) is 0 Å². The molecule has 6 nitrogen and oxygen atoms in total. The molecule has 24 heavy (non-hydrogen) atoms. The topological polar surface area (TPSA) is 80.0 Å². The predicted molar refractivity (Wildman–Crippen MR) is 90.7 cm³/mol. The Morgan fingerprint density at radius 1 is 1.12 bits per heavy atom. The SMILES string of the molecule is CCNc1ncc(C(=O)N[C@@H](c2ccccc2)c2ccco2)cn1. The number of hydrogen-bond acceptors (Lipinski definition) is 5. The lowest BCUT2D eigenvalue weighted by atomic mass is 10.0. The van der Waals surface area contributed by atoms with E-state index < -0.39 is 0 Å². The van der Waals surface area contributed by atoms with Crippen molar-refractivity contribution in [1.29, 1.82) is 0 Å². The van der Waals surface area contributed by atoms with Gasteiger partial charge >= 0.3 is 0 Å². The highest BCUT2D eigenvalue weighted by molar-refractivity contribution is 5.94. The maximum atomic E-state index is 12.5. The summed E-state index contributed by atoms with van der Waals surface area (Å²) < 4.78 is 5.48. The lowest BCUT2D eigenvalue weighted by Crippen LogP contribution is -2.29. The molecule has 0 aliphatic heterocycles. The molecule has 6 heteroatoms. The molecule has 0 saturated carbocycles. The van der Waals surface area contributed by atoms with Crippen LogP contribution in [-0.4, -0.2) is 22.4 Å². The fourth-order valence-corrected chi connectivity index (χ4v) is 2.33. The Morgan fingerprint density at radius 2 is 1.88 bits per heavy atom. The highest BCUT2D eigenvalue weighted by Crippen LogP contribution is 2.22. The number of nitrogens with one attached hydrogen (secondary N) is 2. The highest BCUT2D eigenvalue weighted by atomic mass is 16.3. The van der Waals surface area contributed by atoms with E-state index in [0.29, 0.717) is 17.3 Å². The van der Waals surface area contributed by atoms with E-state index in [-0.39, 0.29) is 11.9 Å². The zero-order valence-corrected chi connectivity index (χ0v) is 13.3. The molecule has 122 valence electrons. The normalized spacial score (nSPS) is 11.7. The van der Waals surface area contributed by atoms with Crippen LogP contribution in [0.25, 0.3) is 0 Å². The molecule has 1 amide bonds. The quantitative estimate of drug-likeness (QED) is 0.729. The van der Waals surface area contributed by atoms with E-state index in [4.69, 9.17) is 4.42 Å². The van der Waals surface area contributed by atoms with Crippen molar-refractivity contribution < 1.29 is 9.21 Å². The number of hydrogen-bond donors (Lipinski definition) is 2. The second-order valence-corrected chi connectivity index (χ2v) is 5.16. The summed E-state index contributed by atoms with van der Waals surface area (Å²) >= 11 is 0. The van der Waals surface area contributed by atoms with Crippen molar-refractivity contribution >= 4 is 11.9 Å². The molecular formula is C18H18N4O2. The van der Waals surface area contributed by atoms with Gasteiger partial charge in [-0.05, 0) is 24.6 Å². The molecular weight excluding hydrogens is 304 g/mol. The first-order valence-electron chi connectivity index (χ1n) is 7.73. The average molecular weight is 322 g/mol. The van der Waals surface area contributed by atoms with Crippen LogP contribution in [0.2, 0.25) is 0 Å². The molecule has 1 aromatic carbocycles. The van der Waals surface area contributed by atoms with Gasteiger partial charge in [0.05, 0.1) is 11.8 Å². The third kappa shape index (κ3) is 3.60. The summed E-state index contributed by atoms with van der Waals surface area (Å²) in [7, 11) is 0. The van der Waals surface area contributed by atoms with Gasteiger partial charge in [-0.25, -0.2) is 9.97 Å². The summed E-state index contributed by atoms with van der Waals surface area (Å²) in [5.74, 6) is 0.905. The largest absolute Gasteiger partial charge is 0.467 e. The Balaban J connectivity index is 1.81. The molecule has 2 heterocycles. The van der Waals surface area contributed by atoms with Crippen LogP contribution in [0, 0.1) is 0 Å². The van der Waals surface area contributed by atoms with Gasteiger partial charge in [0.1, 0.15) is 11.8 Å². The molecule has 3 aromatic rings. The summed E-state index contributed by atoms with van der Waals surface area (Å²) in [4.78, 5) is 20.8. The molecule has 0 spiro atoms. The van der Waals surface area contributed by atoms with Gasteiger partial charge in [-0.2, -0.15) is 0 Å². The number of furan rings is 1. The van der Waals surface area contributed by atoms with E-state index in [1.54, 1.807) is 12.3 Å². The van der Waals surface area contributed by atoms with Gasteiger partial charge in [-0.1, -0.05) is 30.3 Å². The number of rotatable bonds is 6. The molecule has 2 N–H and O–H groups in total. The second-order valence-electron chi connectivity index (χ2n) is 5.16. The third-order valence-electron chi connectivity index (χ3n) is 3.48. The van der Waals surface area contributed by atoms with E-state index in [1.807, 2.05) is 43.3 Å². The first-order chi connectivity index (χ1) is 11.8. The lowest BCUT2D eigenvalue weighted by molar-refractivity contribution is 0.0938. The Kier molecular flexibility index (Phi) is 4.86. The summed E-state index contributed by atoms with van der Waals surface area (Å²) in [5, 5.41) is 5.96. The Bertz CT molecular complexity index is 771. The molecule has 0 bridgehead atoms. The lowest BCUT2D eigenvalue weighted by Gasteiger charge is -2.17. The minimum absolute atomic E-state index is 0.261. The Labute approximate surface area is 140 Å². The van der Waals surface area contributed by atoms with Crippen molar-refractivity contribution in [2.24, 2.45) is 0 Å². The molecule has 0 fully saturated rings. The van der Waals surface area contributed by atoms with Crippen LogP contribution in [0.5, 0.6) is 0 Å². The van der Waals surface area contributed by atoms with Gasteiger partial charge in [0.25, 0.3) is 5.91 Å². The highest BCUT2D eigenvalue weighted by Gasteiger charge is 2.20. The molecule has 0 aliphatic carbocycles. The van der Waals surface area contributed by atoms with Gasteiger partial charge in [-0.3, -0.25) is 4.79 Å². The smallest absolute Gasteiger partial charge is 0.255 e. The van der Waals surface area contributed by atoms with Crippen molar-refractivity contribution in [2.45, 2.75) is 13.0 Å². The van der Waals surface area contributed by atoms with Crippen molar-refractivity contribution in [3.63, 3.8) is 0 Å². The zero-order chi connectivity index (χ0) is 16.8. The monoisotopic (exact) mass is 322 g/mol. The number of benzene rings is 1. The van der Waals surface area contributed by atoms with Gasteiger partial charge in [0.15, 0.2) is 0 Å². The van der Waals surface area contributed by atoms with Crippen molar-refractivity contribution in [2.75, 3.05) is 11.9 Å². The van der Waals surface area contributed by atoms with Crippen molar-refractivity contribution in [3.8, 4) is 0 Å². The van der Waals surface area contributed by atoms with E-state index in [0.717, 1.165) is 12.1 Å². The minimum Gasteiger partial charge on any atom is -0.467 e. The second kappa shape index (κ2) is 7.41. The van der Waals surface area contributed by atoms with Gasteiger partial charge in [0, 0.05) is 18.9 Å². The third-order valence-corrected chi connectivity index (χ3v) is 3.48. The van der Waals surface area contributed by atoms with Crippen molar-refractivity contribution in [3.05, 3.63) is 78.0 Å². The molecule has 1 atom stereocenters. The molecule has 0 aliphatic rings. The van der Waals surface area contributed by atoms with Crippen LogP contribution in [-0.2, 0) is 0 Å². The number of anilines is 1. The summed E-state index contributed by atoms with van der Waals surface area (Å²) in [6.45, 7) is 2.68. The molecule has 0 saturated heterocycles. The summed E-state index contributed by atoms with van der Waals surface area (Å²) in [5.41, 5.74) is 1.33. The van der Waals surface area contributed by atoms with Crippen LogP contribution in [0.4, 0.5) is 5.95 Å². The Hall–Kier alpha value is -3.15. The van der Waals surface area contributed by atoms with E-state index in [9.17, 15) is 4.79 Å². The van der Waals surface area contributed by atoms with Crippen molar-refractivity contribution in [1.82, 2.24) is 15.3 Å². The van der Waals surface area contributed by atoms with Gasteiger partial charge in [0.2, 0.25) is 5.95 Å². The molecule has 2 aromatic heterocycles. The average Bonchev–Trinajstić information content (AvgIpc) is 3.15. The van der Waals surface area contributed by atoms with Gasteiger partial charge < -0.3 is 15.1 Å². The van der Waals surface area contributed by atoms with Crippen LogP contribution in [0.15, 0.2) is 65.5 Å². The number of amides is 1. The van der Waals surface area contributed by atoms with Crippen LogP contribution < -0.4 is 10.6 Å². The maximum Gasteiger partial charge on any atom is 0.255 e. The van der Waals surface area contributed by atoms with E-state index in [1.165, 1.54) is 12.4 Å². The zero-order valence-electron chi connectivity index (χ0n) is 13.3. The first-order valence-corrected chi connectivity index (χ1v) is 7.73.